The molecule has 1 rings (SSSR count). The highest BCUT2D eigenvalue weighted by Crippen LogP contribution is 2.19. The molecule has 1 atom stereocenters. The van der Waals surface area contributed by atoms with Gasteiger partial charge in [-0.25, -0.2) is 4.98 Å². The first-order chi connectivity index (χ1) is 7.95. The van der Waals surface area contributed by atoms with Crippen LogP contribution in [0.5, 0.6) is 0 Å². The molecular weight excluding hydrogens is 220 g/mol. The molecule has 1 aromatic heterocycles. The number of nitrogens with one attached hydrogen (secondary N) is 1. The first kappa shape index (κ1) is 12.9. The normalized spacial score (nSPS) is 11.9. The van der Waals surface area contributed by atoms with Gasteiger partial charge >= 0.3 is 5.69 Å². The molecule has 0 aliphatic carbocycles. The van der Waals surface area contributed by atoms with E-state index in [2.05, 4.69) is 10.3 Å². The number of aromatic nitrogens is 1. The lowest BCUT2D eigenvalue weighted by Gasteiger charge is -2.17. The Morgan fingerprint density at radius 3 is 2.59 bits per heavy atom. The number of anilines is 1. The minimum absolute atomic E-state index is 0.170. The summed E-state index contributed by atoms with van der Waals surface area (Å²) in [6, 6.07) is 4.71. The van der Waals surface area contributed by atoms with Crippen LogP contribution in [-0.4, -0.2) is 15.9 Å². The van der Waals surface area contributed by atoms with Crippen LogP contribution in [0.15, 0.2) is 12.1 Å². The molecule has 1 unspecified atom stereocenters. The van der Waals surface area contributed by atoms with Crippen molar-refractivity contribution in [2.75, 3.05) is 5.32 Å². The van der Waals surface area contributed by atoms with Crippen LogP contribution in [0, 0.1) is 27.4 Å². The van der Waals surface area contributed by atoms with Crippen molar-refractivity contribution in [2.24, 2.45) is 5.92 Å². The first-order valence-electron chi connectivity index (χ1n) is 5.27. The number of nitro groups is 1. The van der Waals surface area contributed by atoms with E-state index in [4.69, 9.17) is 5.26 Å². The van der Waals surface area contributed by atoms with Crippen LogP contribution in [0.1, 0.15) is 26.5 Å². The zero-order chi connectivity index (χ0) is 13.0. The highest BCUT2D eigenvalue weighted by Gasteiger charge is 2.16. The van der Waals surface area contributed by atoms with E-state index in [0.29, 0.717) is 11.7 Å². The maximum Gasteiger partial charge on any atom is 0.305 e. The van der Waals surface area contributed by atoms with Gasteiger partial charge in [-0.15, -0.1) is 0 Å². The summed E-state index contributed by atoms with van der Waals surface area (Å²) in [7, 11) is 0. The molecule has 6 nitrogen and oxygen atoms in total. The van der Waals surface area contributed by atoms with E-state index in [1.54, 1.807) is 6.07 Å². The van der Waals surface area contributed by atoms with E-state index < -0.39 is 4.92 Å². The van der Waals surface area contributed by atoms with Crippen LogP contribution >= 0.6 is 0 Å². The van der Waals surface area contributed by atoms with Crippen LogP contribution in [0.3, 0.4) is 0 Å². The molecule has 0 fully saturated rings. The summed E-state index contributed by atoms with van der Waals surface area (Å²) in [5.41, 5.74) is -0.439. The van der Waals surface area contributed by atoms with Gasteiger partial charge in [-0.05, 0) is 18.9 Å². The van der Waals surface area contributed by atoms with Crippen molar-refractivity contribution in [1.82, 2.24) is 4.98 Å². The van der Waals surface area contributed by atoms with Crippen molar-refractivity contribution in [1.29, 1.82) is 5.26 Å². The van der Waals surface area contributed by atoms with Crippen LogP contribution < -0.4 is 5.32 Å². The van der Waals surface area contributed by atoms with Gasteiger partial charge in [0.15, 0.2) is 0 Å². The quantitative estimate of drug-likeness (QED) is 0.637. The standard InChI is InChI=1S/C11H14N4O2/c1-7(2)8(3)13-11-5-4-10(15(16)17)9(6-12)14-11/h4-5,7-8H,1-3H3,(H,13,14). The number of hydrogen-bond donors (Lipinski definition) is 1. The topological polar surface area (TPSA) is 91.9 Å². The van der Waals surface area contributed by atoms with Crippen LogP contribution in [0.25, 0.3) is 0 Å². The zero-order valence-electron chi connectivity index (χ0n) is 9.97. The molecule has 17 heavy (non-hydrogen) atoms. The van der Waals surface area contributed by atoms with E-state index in [9.17, 15) is 10.1 Å². The van der Waals surface area contributed by atoms with Gasteiger partial charge < -0.3 is 5.32 Å². The monoisotopic (exact) mass is 234 g/mol. The SMILES string of the molecule is CC(C)C(C)Nc1ccc([N+](=O)[O-])c(C#N)n1. The van der Waals surface area contributed by atoms with E-state index >= 15 is 0 Å². The highest BCUT2D eigenvalue weighted by molar-refractivity contribution is 5.50. The molecule has 0 bridgehead atoms. The lowest BCUT2D eigenvalue weighted by atomic mass is 10.1. The predicted octanol–water partition coefficient (Wildman–Crippen LogP) is 2.32. The van der Waals surface area contributed by atoms with E-state index in [-0.39, 0.29) is 17.4 Å². The Labute approximate surface area is 99.4 Å². The molecule has 0 saturated carbocycles. The lowest BCUT2D eigenvalue weighted by Crippen LogP contribution is -2.22. The van der Waals surface area contributed by atoms with Gasteiger partial charge in [-0.2, -0.15) is 5.26 Å². The highest BCUT2D eigenvalue weighted by atomic mass is 16.6. The number of nitriles is 1. The van der Waals surface area contributed by atoms with Crippen LogP contribution in [0.2, 0.25) is 0 Å². The van der Waals surface area contributed by atoms with Crippen molar-refractivity contribution >= 4 is 11.5 Å². The second kappa shape index (κ2) is 5.25. The molecule has 0 aliphatic heterocycles. The van der Waals surface area contributed by atoms with Crippen molar-refractivity contribution in [2.45, 2.75) is 26.8 Å². The minimum Gasteiger partial charge on any atom is -0.367 e. The molecule has 1 aromatic rings. The molecule has 6 heteroatoms. The maximum absolute atomic E-state index is 10.6. The molecule has 1 N–H and O–H groups in total. The third-order valence-corrected chi connectivity index (χ3v) is 2.55. The average Bonchev–Trinajstić information content (AvgIpc) is 2.28. The number of rotatable bonds is 4. The van der Waals surface area contributed by atoms with Crippen LogP contribution in [-0.2, 0) is 0 Å². The Morgan fingerprint density at radius 2 is 2.12 bits per heavy atom. The molecule has 0 aliphatic rings. The first-order valence-corrected chi connectivity index (χ1v) is 5.27. The summed E-state index contributed by atoms with van der Waals surface area (Å²) in [5.74, 6) is 0.880. The van der Waals surface area contributed by atoms with Crippen LogP contribution in [0.4, 0.5) is 11.5 Å². The summed E-state index contributed by atoms with van der Waals surface area (Å²) in [5, 5.41) is 22.5. The largest absolute Gasteiger partial charge is 0.367 e. The summed E-state index contributed by atoms with van der Waals surface area (Å²) in [4.78, 5) is 13.9. The summed E-state index contributed by atoms with van der Waals surface area (Å²) in [6.07, 6.45) is 0. The number of hydrogen-bond acceptors (Lipinski definition) is 5. The summed E-state index contributed by atoms with van der Waals surface area (Å²) in [6.45, 7) is 6.09. The smallest absolute Gasteiger partial charge is 0.305 e. The van der Waals surface area contributed by atoms with E-state index in [0.717, 1.165) is 0 Å². The van der Waals surface area contributed by atoms with Gasteiger partial charge in [0.05, 0.1) is 4.92 Å². The van der Waals surface area contributed by atoms with Gasteiger partial charge in [-0.1, -0.05) is 13.8 Å². The van der Waals surface area contributed by atoms with Gasteiger partial charge in [0.25, 0.3) is 0 Å². The fourth-order valence-corrected chi connectivity index (χ4v) is 1.16. The Balaban J connectivity index is 2.99. The number of nitrogens with zero attached hydrogens (tertiary/aromatic N) is 3. The second-order valence-corrected chi connectivity index (χ2v) is 4.11. The average molecular weight is 234 g/mol. The number of pyridine rings is 1. The Morgan fingerprint density at radius 1 is 1.47 bits per heavy atom. The minimum atomic E-state index is -0.610. The van der Waals surface area contributed by atoms with Gasteiger partial charge in [0.1, 0.15) is 11.9 Å². The fraction of sp³-hybridized carbons (Fsp3) is 0.455. The van der Waals surface area contributed by atoms with Gasteiger partial charge in [-0.3, -0.25) is 10.1 Å². The van der Waals surface area contributed by atoms with E-state index in [1.165, 1.54) is 12.1 Å². The fourth-order valence-electron chi connectivity index (χ4n) is 1.16. The molecule has 0 spiro atoms. The lowest BCUT2D eigenvalue weighted by molar-refractivity contribution is -0.385. The Hall–Kier alpha value is -2.16. The van der Waals surface area contributed by atoms with Crippen molar-refractivity contribution < 1.29 is 4.92 Å². The van der Waals surface area contributed by atoms with Crippen molar-refractivity contribution in [3.05, 3.63) is 27.9 Å². The second-order valence-electron chi connectivity index (χ2n) is 4.11. The molecule has 1 heterocycles. The third-order valence-electron chi connectivity index (χ3n) is 2.55. The van der Waals surface area contributed by atoms with Gasteiger partial charge in [0.2, 0.25) is 5.69 Å². The predicted molar refractivity (Wildman–Crippen MR) is 63.5 cm³/mol. The van der Waals surface area contributed by atoms with Crippen molar-refractivity contribution in [3.8, 4) is 6.07 Å². The zero-order valence-corrected chi connectivity index (χ0v) is 9.97. The molecule has 90 valence electrons. The molecule has 0 aromatic carbocycles. The van der Waals surface area contributed by atoms with Crippen molar-refractivity contribution in [3.63, 3.8) is 0 Å². The Kier molecular flexibility index (Phi) is 3.99. The third kappa shape index (κ3) is 3.14. The Bertz CT molecular complexity index is 465. The molecule has 0 saturated heterocycles. The summed E-state index contributed by atoms with van der Waals surface area (Å²) < 4.78 is 0. The van der Waals surface area contributed by atoms with E-state index in [1.807, 2.05) is 20.8 Å². The maximum atomic E-state index is 10.6. The molecule has 0 radical (unpaired) electrons. The van der Waals surface area contributed by atoms with Gasteiger partial charge in [0, 0.05) is 12.1 Å². The molecule has 0 amide bonds. The molecular formula is C11H14N4O2. The summed E-state index contributed by atoms with van der Waals surface area (Å²) >= 11 is 0.